The maximum absolute atomic E-state index is 15.4. The molecule has 30 heavy (non-hydrogen) atoms. The Morgan fingerprint density at radius 2 is 2.10 bits per heavy atom. The van der Waals surface area contributed by atoms with Gasteiger partial charge in [-0.3, -0.25) is 14.7 Å². The van der Waals surface area contributed by atoms with Crippen molar-refractivity contribution in [1.29, 1.82) is 0 Å². The van der Waals surface area contributed by atoms with Crippen molar-refractivity contribution < 1.29 is 9.18 Å². The molecule has 1 aliphatic carbocycles. The zero-order valence-corrected chi connectivity index (χ0v) is 17.3. The number of hydrogen-bond donors (Lipinski definition) is 2. The molecule has 2 bridgehead atoms. The number of piperidine rings is 2. The lowest BCUT2D eigenvalue weighted by Gasteiger charge is -2.51. The fourth-order valence-corrected chi connectivity index (χ4v) is 7.05. The van der Waals surface area contributed by atoms with Gasteiger partial charge in [-0.2, -0.15) is 0 Å². The van der Waals surface area contributed by atoms with E-state index in [9.17, 15) is 4.79 Å². The van der Waals surface area contributed by atoms with Crippen LogP contribution in [0, 0.1) is 17.8 Å². The molecular formula is C22H31FN6O. The average Bonchev–Trinajstić information content (AvgIpc) is 3.35. The van der Waals surface area contributed by atoms with E-state index in [0.717, 1.165) is 57.7 Å². The van der Waals surface area contributed by atoms with Gasteiger partial charge in [0.25, 0.3) is 0 Å². The number of likely N-dealkylation sites (tertiary alicyclic amines) is 1. The maximum atomic E-state index is 15.4. The molecule has 2 N–H and O–H groups in total. The van der Waals surface area contributed by atoms with Crippen LogP contribution in [0.4, 0.5) is 10.2 Å². The molecule has 5 heterocycles. The van der Waals surface area contributed by atoms with E-state index in [0.29, 0.717) is 24.4 Å². The van der Waals surface area contributed by atoms with Gasteiger partial charge in [-0.05, 0) is 44.6 Å². The van der Waals surface area contributed by atoms with Gasteiger partial charge in [-0.15, -0.1) is 0 Å². The highest BCUT2D eigenvalue weighted by atomic mass is 19.1. The van der Waals surface area contributed by atoms with Crippen LogP contribution in [0.15, 0.2) is 18.6 Å². The second-order valence-corrected chi connectivity index (χ2v) is 9.99. The molecule has 4 aliphatic heterocycles. The average molecular weight is 415 g/mol. The second kappa shape index (κ2) is 7.41. The van der Waals surface area contributed by atoms with E-state index in [4.69, 9.17) is 0 Å². The number of rotatable bonds is 3. The third kappa shape index (κ3) is 3.11. The van der Waals surface area contributed by atoms with E-state index in [-0.39, 0.29) is 29.8 Å². The Bertz CT molecular complexity index is 795. The third-order valence-electron chi connectivity index (χ3n) is 8.30. The number of carbonyl (C=O) groups is 1. The van der Waals surface area contributed by atoms with Gasteiger partial charge in [0.2, 0.25) is 5.91 Å². The monoisotopic (exact) mass is 414 g/mol. The molecule has 1 saturated carbocycles. The number of nitrogens with zero attached hydrogens (tertiary/aromatic N) is 4. The lowest BCUT2D eigenvalue weighted by atomic mass is 9.66. The van der Waals surface area contributed by atoms with Crippen molar-refractivity contribution in [2.45, 2.75) is 62.4 Å². The van der Waals surface area contributed by atoms with E-state index >= 15 is 4.39 Å². The Kier molecular flexibility index (Phi) is 4.67. The number of piperazine rings is 1. The molecule has 162 valence electrons. The van der Waals surface area contributed by atoms with Crippen molar-refractivity contribution in [1.82, 2.24) is 25.5 Å². The number of fused-ring (bicyclic) bond motifs is 5. The van der Waals surface area contributed by atoms with Crippen LogP contribution in [0.3, 0.4) is 0 Å². The van der Waals surface area contributed by atoms with Gasteiger partial charge in [0.1, 0.15) is 12.0 Å². The van der Waals surface area contributed by atoms with Crippen LogP contribution in [0.5, 0.6) is 0 Å². The first-order valence-corrected chi connectivity index (χ1v) is 11.6. The first kappa shape index (κ1) is 18.9. The second-order valence-electron chi connectivity index (χ2n) is 9.99. The molecule has 0 spiro atoms. The van der Waals surface area contributed by atoms with E-state index < -0.39 is 6.17 Å². The Morgan fingerprint density at radius 3 is 2.90 bits per heavy atom. The van der Waals surface area contributed by atoms with Crippen LogP contribution in [0.1, 0.15) is 32.1 Å². The quantitative estimate of drug-likeness (QED) is 0.768. The van der Waals surface area contributed by atoms with Crippen LogP contribution < -0.4 is 15.5 Å². The number of aromatic nitrogens is 2. The molecule has 0 aromatic carbocycles. The summed E-state index contributed by atoms with van der Waals surface area (Å²) in [4.78, 5) is 26.2. The van der Waals surface area contributed by atoms with Crippen LogP contribution in [-0.4, -0.2) is 77.3 Å². The van der Waals surface area contributed by atoms with Gasteiger partial charge in [-0.25, -0.2) is 9.37 Å². The molecule has 8 heteroatoms. The number of alkyl halides is 1. The summed E-state index contributed by atoms with van der Waals surface area (Å²) in [5.74, 6) is 1.31. The Labute approximate surface area is 176 Å². The molecular weight excluding hydrogens is 383 g/mol. The number of carbonyl (C=O) groups excluding carboxylic acids is 1. The van der Waals surface area contributed by atoms with Crippen molar-refractivity contribution in [2.75, 3.05) is 31.1 Å². The topological polar surface area (TPSA) is 73.4 Å². The normalized spacial score (nSPS) is 43.2. The molecule has 7 nitrogen and oxygen atoms in total. The fourth-order valence-electron chi connectivity index (χ4n) is 7.05. The minimum absolute atomic E-state index is 0.0195. The highest BCUT2D eigenvalue weighted by molar-refractivity contribution is 5.81. The van der Waals surface area contributed by atoms with Crippen molar-refractivity contribution in [2.24, 2.45) is 17.8 Å². The Balaban J connectivity index is 1.10. The van der Waals surface area contributed by atoms with Gasteiger partial charge in [0.05, 0.1) is 12.1 Å². The van der Waals surface area contributed by atoms with Gasteiger partial charge in [0, 0.05) is 62.1 Å². The Hall–Kier alpha value is -1.80. The minimum atomic E-state index is -0.830. The number of anilines is 1. The van der Waals surface area contributed by atoms with Crippen molar-refractivity contribution in [3.05, 3.63) is 18.6 Å². The van der Waals surface area contributed by atoms with Gasteiger partial charge < -0.3 is 15.5 Å². The number of halogens is 1. The van der Waals surface area contributed by atoms with Crippen LogP contribution in [-0.2, 0) is 4.79 Å². The summed E-state index contributed by atoms with van der Waals surface area (Å²) in [5, 5.41) is 6.69. The van der Waals surface area contributed by atoms with Crippen molar-refractivity contribution >= 4 is 11.7 Å². The molecule has 1 aromatic rings. The molecule has 6 unspecified atom stereocenters. The van der Waals surface area contributed by atoms with E-state index in [1.54, 1.807) is 12.4 Å². The predicted molar refractivity (Wildman–Crippen MR) is 111 cm³/mol. The minimum Gasteiger partial charge on any atom is -0.353 e. The zero-order chi connectivity index (χ0) is 20.2. The lowest BCUT2D eigenvalue weighted by Crippen LogP contribution is -2.67. The van der Waals surface area contributed by atoms with Gasteiger partial charge >= 0.3 is 0 Å². The van der Waals surface area contributed by atoms with Crippen molar-refractivity contribution in [3.8, 4) is 0 Å². The highest BCUT2D eigenvalue weighted by Crippen LogP contribution is 2.42. The zero-order valence-electron chi connectivity index (χ0n) is 17.3. The highest BCUT2D eigenvalue weighted by Gasteiger charge is 2.52. The molecule has 5 aliphatic rings. The molecule has 8 atom stereocenters. The SMILES string of the molecule is O=C1NC2CC(CN3C[C@@H]4C[C@H]3CN4c3cnccn3)CC(F)C2C2NCCCC12. The number of hydrogen-bond acceptors (Lipinski definition) is 6. The molecule has 1 amide bonds. The summed E-state index contributed by atoms with van der Waals surface area (Å²) >= 11 is 0. The first-order chi connectivity index (χ1) is 14.7. The number of amides is 1. The summed E-state index contributed by atoms with van der Waals surface area (Å²) in [6.07, 6.45) is 9.07. The molecule has 5 fully saturated rings. The molecule has 1 aromatic heterocycles. The van der Waals surface area contributed by atoms with Crippen LogP contribution in [0.25, 0.3) is 0 Å². The first-order valence-electron chi connectivity index (χ1n) is 11.6. The van der Waals surface area contributed by atoms with Crippen molar-refractivity contribution in [3.63, 3.8) is 0 Å². The van der Waals surface area contributed by atoms with E-state index in [1.807, 2.05) is 6.20 Å². The van der Waals surface area contributed by atoms with Gasteiger partial charge in [-0.1, -0.05) is 0 Å². The van der Waals surface area contributed by atoms with E-state index in [1.165, 1.54) is 0 Å². The van der Waals surface area contributed by atoms with Gasteiger partial charge in [0.15, 0.2) is 0 Å². The summed E-state index contributed by atoms with van der Waals surface area (Å²) in [5.41, 5.74) is 0. The standard InChI is InChI=1S/C22H31FN6O/c23-17-6-13(7-18-20(17)21-16(22(30)27-18)2-1-3-26-21)10-28-11-15-8-14(28)12-29(15)19-9-24-4-5-25-19/h4-5,9,13-18,20-21,26H,1-3,6-8,10-12H2,(H,27,30)/t13?,14-,15-,16?,17?,18?,20?,21?/m0/s1. The maximum Gasteiger partial charge on any atom is 0.224 e. The van der Waals surface area contributed by atoms with E-state index in [2.05, 4.69) is 30.4 Å². The predicted octanol–water partition coefficient (Wildman–Crippen LogP) is 0.970. The summed E-state index contributed by atoms with van der Waals surface area (Å²) < 4.78 is 15.4. The number of nitrogens with one attached hydrogen (secondary N) is 2. The largest absolute Gasteiger partial charge is 0.353 e. The summed E-state index contributed by atoms with van der Waals surface area (Å²) in [7, 11) is 0. The fraction of sp³-hybridized carbons (Fsp3) is 0.773. The third-order valence-corrected chi connectivity index (χ3v) is 8.30. The lowest BCUT2D eigenvalue weighted by molar-refractivity contribution is -0.135. The molecule has 0 radical (unpaired) electrons. The molecule has 4 saturated heterocycles. The smallest absolute Gasteiger partial charge is 0.224 e. The summed E-state index contributed by atoms with van der Waals surface area (Å²) in [6.45, 7) is 3.84. The van der Waals surface area contributed by atoms with Crippen LogP contribution >= 0.6 is 0 Å². The van der Waals surface area contributed by atoms with Crippen LogP contribution in [0.2, 0.25) is 0 Å². The Morgan fingerprint density at radius 1 is 1.17 bits per heavy atom. The molecule has 6 rings (SSSR count). The summed E-state index contributed by atoms with van der Waals surface area (Å²) in [6, 6.07) is 0.995.